The van der Waals surface area contributed by atoms with Crippen LogP contribution >= 0.6 is 0 Å². The largest absolute Gasteiger partial charge is 0.445 e. The molecule has 12 heteroatoms. The molecule has 43 heavy (non-hydrogen) atoms. The topological polar surface area (TPSA) is 164 Å². The van der Waals surface area contributed by atoms with Crippen molar-refractivity contribution in [2.24, 2.45) is 11.8 Å². The molecule has 1 aliphatic rings. The van der Waals surface area contributed by atoms with Gasteiger partial charge in [0.2, 0.25) is 23.6 Å². The lowest BCUT2D eigenvalue weighted by atomic mass is 10.00. The highest BCUT2D eigenvalue weighted by Gasteiger charge is 2.35. The summed E-state index contributed by atoms with van der Waals surface area (Å²) in [6.45, 7) is 14.9. The Labute approximate surface area is 254 Å². The normalized spacial score (nSPS) is 17.6. The monoisotopic (exact) mass is 601 g/mol. The molecular weight excluding hydrogens is 554 g/mol. The molecule has 1 fully saturated rings. The van der Waals surface area contributed by atoms with Gasteiger partial charge >= 0.3 is 6.09 Å². The van der Waals surface area contributed by atoms with Gasteiger partial charge in [0.1, 0.15) is 24.9 Å². The molecule has 238 valence electrons. The molecular formula is C31H47N5O7. The number of carbonyl (C=O) groups is 5. The predicted octanol–water partition coefficient (Wildman–Crippen LogP) is 2.29. The summed E-state index contributed by atoms with van der Waals surface area (Å²) in [5.41, 5.74) is 0.144. The highest BCUT2D eigenvalue weighted by atomic mass is 16.6. The van der Waals surface area contributed by atoms with Crippen molar-refractivity contribution < 1.29 is 33.4 Å². The maximum atomic E-state index is 13.6. The van der Waals surface area contributed by atoms with Crippen LogP contribution in [0.2, 0.25) is 0 Å². The second kappa shape index (κ2) is 16.6. The van der Waals surface area contributed by atoms with Gasteiger partial charge in [-0.25, -0.2) is 4.79 Å². The summed E-state index contributed by atoms with van der Waals surface area (Å²) in [4.78, 5) is 64.1. The van der Waals surface area contributed by atoms with E-state index in [2.05, 4.69) is 33.2 Å². The molecule has 2 rings (SSSR count). The quantitative estimate of drug-likeness (QED) is 0.152. The maximum absolute atomic E-state index is 13.6. The van der Waals surface area contributed by atoms with Crippen LogP contribution in [0, 0.1) is 11.8 Å². The van der Waals surface area contributed by atoms with Crippen molar-refractivity contribution >= 4 is 29.7 Å². The zero-order chi connectivity index (χ0) is 32.2. The van der Waals surface area contributed by atoms with E-state index in [4.69, 9.17) is 9.47 Å². The average molecular weight is 602 g/mol. The van der Waals surface area contributed by atoms with Gasteiger partial charge in [-0.15, -0.1) is 0 Å². The number of hydrogen-bond acceptors (Lipinski definition) is 7. The fourth-order valence-corrected chi connectivity index (χ4v) is 4.69. The van der Waals surface area contributed by atoms with E-state index in [0.717, 1.165) is 11.6 Å². The van der Waals surface area contributed by atoms with Crippen LogP contribution in [0.3, 0.4) is 0 Å². The Morgan fingerprint density at radius 1 is 1.02 bits per heavy atom. The number of amides is 5. The van der Waals surface area contributed by atoms with Crippen molar-refractivity contribution in [1.82, 2.24) is 26.6 Å². The van der Waals surface area contributed by atoms with Crippen LogP contribution in [0.1, 0.15) is 66.4 Å². The third-order valence-electron chi connectivity index (χ3n) is 6.62. The van der Waals surface area contributed by atoms with Crippen molar-refractivity contribution in [3.8, 4) is 0 Å². The Balaban J connectivity index is 2.20. The lowest BCUT2D eigenvalue weighted by Crippen LogP contribution is -2.60. The molecule has 1 saturated heterocycles. The van der Waals surface area contributed by atoms with Gasteiger partial charge in [-0.2, -0.15) is 0 Å². The fraction of sp³-hybridized carbons (Fsp3) is 0.581. The first-order valence-corrected chi connectivity index (χ1v) is 14.6. The lowest BCUT2D eigenvalue weighted by molar-refractivity contribution is -0.136. The molecule has 0 bridgehead atoms. The standard InChI is InChI=1S/C31H47N5O7/c1-8-25(37)34-24(17-22-14-15-32-27(22)38)35-28(39)23(16-19(2)3)33-29(40)26(20(4)43-31(5,6)7)36-30(41)42-18-21-12-10-9-11-13-21/h8-13,19-20,22-24,26H,1,14-18H2,2-7H3,(H,32,38)(H,33,40)(H,34,37)(H,35,39)(H,36,41)/t20-,22+,23+,24+,26+/m1/s1. The molecule has 0 saturated carbocycles. The van der Waals surface area contributed by atoms with Crippen molar-refractivity contribution in [3.63, 3.8) is 0 Å². The second-order valence-corrected chi connectivity index (χ2v) is 12.1. The minimum atomic E-state index is -1.19. The summed E-state index contributed by atoms with van der Waals surface area (Å²) in [6.07, 6.45) is -0.390. The molecule has 1 heterocycles. The molecule has 1 aromatic carbocycles. The highest BCUT2D eigenvalue weighted by molar-refractivity contribution is 5.92. The van der Waals surface area contributed by atoms with Crippen LogP contribution < -0.4 is 26.6 Å². The van der Waals surface area contributed by atoms with Gasteiger partial charge < -0.3 is 36.1 Å². The first kappa shape index (κ1) is 35.3. The average Bonchev–Trinajstić information content (AvgIpc) is 3.32. The molecule has 5 N–H and O–H groups in total. The SMILES string of the molecule is C=CC(=O)N[C@H](C[C@@H]1CCNC1=O)NC(=O)[C@H](CC(C)C)NC(=O)[C@@H](NC(=O)OCc1ccccc1)[C@@H](C)OC(C)(C)C. The summed E-state index contributed by atoms with van der Waals surface area (Å²) >= 11 is 0. The number of rotatable bonds is 15. The third kappa shape index (κ3) is 12.9. The van der Waals surface area contributed by atoms with Crippen molar-refractivity contribution in [2.75, 3.05) is 6.54 Å². The number of carbonyl (C=O) groups excluding carboxylic acids is 5. The van der Waals surface area contributed by atoms with E-state index in [1.807, 2.05) is 65.0 Å². The predicted molar refractivity (Wildman–Crippen MR) is 161 cm³/mol. The van der Waals surface area contributed by atoms with Gasteiger partial charge in [0.15, 0.2) is 0 Å². The molecule has 0 aliphatic carbocycles. The van der Waals surface area contributed by atoms with Crippen molar-refractivity contribution in [2.45, 2.75) is 97.4 Å². The fourth-order valence-electron chi connectivity index (χ4n) is 4.69. The Morgan fingerprint density at radius 2 is 1.70 bits per heavy atom. The van der Waals surface area contributed by atoms with E-state index in [1.165, 1.54) is 0 Å². The third-order valence-corrected chi connectivity index (χ3v) is 6.62. The van der Waals surface area contributed by atoms with E-state index in [0.29, 0.717) is 13.0 Å². The number of ether oxygens (including phenoxy) is 2. The van der Waals surface area contributed by atoms with Gasteiger partial charge in [0.25, 0.3) is 0 Å². The van der Waals surface area contributed by atoms with E-state index >= 15 is 0 Å². The van der Waals surface area contributed by atoms with Gasteiger partial charge in [0, 0.05) is 12.5 Å². The number of nitrogens with one attached hydrogen (secondary N) is 5. The summed E-state index contributed by atoms with van der Waals surface area (Å²) in [5, 5.41) is 13.5. The Hall–Kier alpha value is -3.93. The minimum Gasteiger partial charge on any atom is -0.445 e. The minimum absolute atomic E-state index is 0.00312. The molecule has 0 unspecified atom stereocenters. The Morgan fingerprint density at radius 3 is 2.26 bits per heavy atom. The first-order chi connectivity index (χ1) is 20.2. The van der Waals surface area contributed by atoms with Gasteiger partial charge in [-0.3, -0.25) is 19.2 Å². The lowest BCUT2D eigenvalue weighted by Gasteiger charge is -2.32. The smallest absolute Gasteiger partial charge is 0.408 e. The van der Waals surface area contributed by atoms with E-state index in [1.54, 1.807) is 6.92 Å². The van der Waals surface area contributed by atoms with Crippen molar-refractivity contribution in [3.05, 3.63) is 48.6 Å². The number of hydrogen-bond donors (Lipinski definition) is 5. The molecule has 12 nitrogen and oxygen atoms in total. The Bertz CT molecular complexity index is 1120. The number of alkyl carbamates (subject to hydrolysis) is 1. The molecule has 0 spiro atoms. The summed E-state index contributed by atoms with van der Waals surface area (Å²) in [5.74, 6) is -2.25. The van der Waals surface area contributed by atoms with E-state index < -0.39 is 53.8 Å². The summed E-state index contributed by atoms with van der Waals surface area (Å²) < 4.78 is 11.3. The van der Waals surface area contributed by atoms with Gasteiger partial charge in [0.05, 0.1) is 11.7 Å². The molecule has 1 aromatic rings. The van der Waals surface area contributed by atoms with E-state index in [-0.39, 0.29) is 37.2 Å². The van der Waals surface area contributed by atoms with Crippen LogP contribution in [0.5, 0.6) is 0 Å². The zero-order valence-corrected chi connectivity index (χ0v) is 26.0. The summed E-state index contributed by atoms with van der Waals surface area (Å²) in [7, 11) is 0. The molecule has 5 atom stereocenters. The van der Waals surface area contributed by atoms with Crippen LogP contribution in [-0.2, 0) is 35.3 Å². The van der Waals surface area contributed by atoms with Crippen LogP contribution in [0.4, 0.5) is 4.79 Å². The Kier molecular flexibility index (Phi) is 13.6. The molecule has 1 aliphatic heterocycles. The highest BCUT2D eigenvalue weighted by Crippen LogP contribution is 2.17. The van der Waals surface area contributed by atoms with Crippen LogP contribution in [0.15, 0.2) is 43.0 Å². The first-order valence-electron chi connectivity index (χ1n) is 14.6. The zero-order valence-electron chi connectivity index (χ0n) is 26.0. The van der Waals surface area contributed by atoms with Crippen LogP contribution in [0.25, 0.3) is 0 Å². The summed E-state index contributed by atoms with van der Waals surface area (Å²) in [6, 6.07) is 6.90. The molecule has 0 aromatic heterocycles. The van der Waals surface area contributed by atoms with Crippen molar-refractivity contribution in [1.29, 1.82) is 0 Å². The molecule has 0 radical (unpaired) electrons. The number of benzene rings is 1. The molecule has 5 amide bonds. The second-order valence-electron chi connectivity index (χ2n) is 12.1. The van der Waals surface area contributed by atoms with Crippen LogP contribution in [-0.4, -0.2) is 66.2 Å². The van der Waals surface area contributed by atoms with Gasteiger partial charge in [-0.05, 0) is 64.5 Å². The maximum Gasteiger partial charge on any atom is 0.408 e. The van der Waals surface area contributed by atoms with E-state index in [9.17, 15) is 24.0 Å². The van der Waals surface area contributed by atoms with Gasteiger partial charge in [-0.1, -0.05) is 50.8 Å².